The SMILES string of the molecule is COCc1cccc(CNC(=O)c2ccc(CN3CC(C)OC(C)C3)cc2)c1. The normalized spacial score (nSPS) is 20.1. The fraction of sp³-hybridized carbons (Fsp3) is 0.435. The molecule has 3 rings (SSSR count). The van der Waals surface area contributed by atoms with Gasteiger partial charge in [-0.2, -0.15) is 0 Å². The third-order valence-corrected chi connectivity index (χ3v) is 4.87. The molecule has 0 aromatic heterocycles. The van der Waals surface area contributed by atoms with Gasteiger partial charge in [-0.05, 0) is 42.7 Å². The van der Waals surface area contributed by atoms with Crippen molar-refractivity contribution in [2.24, 2.45) is 0 Å². The van der Waals surface area contributed by atoms with Gasteiger partial charge in [0.2, 0.25) is 0 Å². The molecule has 5 heteroatoms. The second kappa shape index (κ2) is 9.82. The number of hydrogen-bond donors (Lipinski definition) is 1. The van der Waals surface area contributed by atoms with Gasteiger partial charge in [-0.15, -0.1) is 0 Å². The van der Waals surface area contributed by atoms with E-state index >= 15 is 0 Å². The summed E-state index contributed by atoms with van der Waals surface area (Å²) in [7, 11) is 1.68. The first-order chi connectivity index (χ1) is 13.5. The molecule has 1 aliphatic rings. The van der Waals surface area contributed by atoms with Crippen molar-refractivity contribution >= 4 is 5.91 Å². The van der Waals surface area contributed by atoms with Crippen LogP contribution in [0.25, 0.3) is 0 Å². The van der Waals surface area contributed by atoms with Gasteiger partial charge in [0.1, 0.15) is 0 Å². The van der Waals surface area contributed by atoms with Crippen LogP contribution in [0.5, 0.6) is 0 Å². The van der Waals surface area contributed by atoms with Gasteiger partial charge in [-0.1, -0.05) is 36.4 Å². The molecule has 1 amide bonds. The van der Waals surface area contributed by atoms with Gasteiger partial charge >= 0.3 is 0 Å². The second-order valence-corrected chi connectivity index (χ2v) is 7.58. The van der Waals surface area contributed by atoms with E-state index in [2.05, 4.69) is 30.1 Å². The number of nitrogens with zero attached hydrogens (tertiary/aromatic N) is 1. The first-order valence-electron chi connectivity index (χ1n) is 9.85. The Morgan fingerprint density at radius 2 is 1.75 bits per heavy atom. The Labute approximate surface area is 167 Å². The van der Waals surface area contributed by atoms with Crippen molar-refractivity contribution in [1.82, 2.24) is 10.2 Å². The van der Waals surface area contributed by atoms with E-state index in [1.54, 1.807) is 7.11 Å². The van der Waals surface area contributed by atoms with Crippen LogP contribution in [-0.2, 0) is 29.2 Å². The van der Waals surface area contributed by atoms with Gasteiger partial charge < -0.3 is 14.8 Å². The second-order valence-electron chi connectivity index (χ2n) is 7.58. The molecule has 2 aromatic rings. The summed E-state index contributed by atoms with van der Waals surface area (Å²) in [6, 6.07) is 15.9. The number of nitrogens with one attached hydrogen (secondary N) is 1. The fourth-order valence-corrected chi connectivity index (χ4v) is 3.71. The maximum absolute atomic E-state index is 12.5. The molecule has 0 bridgehead atoms. The summed E-state index contributed by atoms with van der Waals surface area (Å²) in [6.45, 7) is 8.06. The number of ether oxygens (including phenoxy) is 2. The molecule has 1 N–H and O–H groups in total. The smallest absolute Gasteiger partial charge is 0.251 e. The Kier molecular flexibility index (Phi) is 7.20. The number of methoxy groups -OCH3 is 1. The first-order valence-corrected chi connectivity index (χ1v) is 9.85. The molecule has 2 atom stereocenters. The largest absolute Gasteiger partial charge is 0.380 e. The van der Waals surface area contributed by atoms with Gasteiger partial charge in [0, 0.05) is 38.9 Å². The maximum Gasteiger partial charge on any atom is 0.251 e. The summed E-state index contributed by atoms with van der Waals surface area (Å²) in [5.41, 5.74) is 4.06. The van der Waals surface area contributed by atoms with Crippen LogP contribution in [0.2, 0.25) is 0 Å². The predicted octanol–water partition coefficient (Wildman–Crippen LogP) is 3.37. The summed E-state index contributed by atoms with van der Waals surface area (Å²) in [5.74, 6) is -0.0580. The number of morpholine rings is 1. The topological polar surface area (TPSA) is 50.8 Å². The van der Waals surface area contributed by atoms with Crippen molar-refractivity contribution in [3.8, 4) is 0 Å². The molecule has 0 radical (unpaired) electrons. The molecule has 2 aromatic carbocycles. The van der Waals surface area contributed by atoms with E-state index in [4.69, 9.17) is 9.47 Å². The Hall–Kier alpha value is -2.21. The molecule has 28 heavy (non-hydrogen) atoms. The lowest BCUT2D eigenvalue weighted by Crippen LogP contribution is -2.44. The maximum atomic E-state index is 12.5. The molecule has 0 aliphatic carbocycles. The van der Waals surface area contributed by atoms with E-state index < -0.39 is 0 Å². The van der Waals surface area contributed by atoms with Gasteiger partial charge in [-0.25, -0.2) is 0 Å². The number of hydrogen-bond acceptors (Lipinski definition) is 4. The average Bonchev–Trinajstić information content (AvgIpc) is 2.66. The molecule has 1 saturated heterocycles. The van der Waals surface area contributed by atoms with E-state index in [0.29, 0.717) is 18.7 Å². The van der Waals surface area contributed by atoms with E-state index in [-0.39, 0.29) is 18.1 Å². The zero-order valence-electron chi connectivity index (χ0n) is 17.0. The standard InChI is InChI=1S/C23H30N2O3/c1-17-13-25(14-18(2)28-17)15-19-7-9-22(10-8-19)23(26)24-12-20-5-4-6-21(11-20)16-27-3/h4-11,17-18H,12-16H2,1-3H3,(H,24,26). The van der Waals surface area contributed by atoms with Crippen LogP contribution in [0.4, 0.5) is 0 Å². The minimum absolute atomic E-state index is 0.0580. The highest BCUT2D eigenvalue weighted by Crippen LogP contribution is 2.15. The Bertz CT molecular complexity index is 766. The minimum Gasteiger partial charge on any atom is -0.380 e. The molecule has 150 valence electrons. The highest BCUT2D eigenvalue weighted by molar-refractivity contribution is 5.94. The number of carbonyl (C=O) groups excluding carboxylic acids is 1. The predicted molar refractivity (Wildman–Crippen MR) is 110 cm³/mol. The van der Waals surface area contributed by atoms with Crippen LogP contribution in [0.15, 0.2) is 48.5 Å². The molecule has 2 unspecified atom stereocenters. The monoisotopic (exact) mass is 382 g/mol. The van der Waals surface area contributed by atoms with Crippen LogP contribution in [-0.4, -0.2) is 43.2 Å². The van der Waals surface area contributed by atoms with E-state index in [1.807, 2.05) is 42.5 Å². The molecular formula is C23H30N2O3. The minimum atomic E-state index is -0.0580. The van der Waals surface area contributed by atoms with Crippen LogP contribution >= 0.6 is 0 Å². The Morgan fingerprint density at radius 1 is 1.07 bits per heavy atom. The molecule has 5 nitrogen and oxygen atoms in total. The van der Waals surface area contributed by atoms with E-state index in [0.717, 1.165) is 30.8 Å². The summed E-state index contributed by atoms with van der Waals surface area (Å²) in [4.78, 5) is 14.9. The lowest BCUT2D eigenvalue weighted by molar-refractivity contribution is -0.0704. The third-order valence-electron chi connectivity index (χ3n) is 4.87. The van der Waals surface area contributed by atoms with Gasteiger partial charge in [0.15, 0.2) is 0 Å². The van der Waals surface area contributed by atoms with Gasteiger partial charge in [0.25, 0.3) is 5.91 Å². The van der Waals surface area contributed by atoms with Gasteiger partial charge in [-0.3, -0.25) is 9.69 Å². The lowest BCUT2D eigenvalue weighted by Gasteiger charge is -2.35. The molecule has 0 saturated carbocycles. The van der Waals surface area contributed by atoms with Gasteiger partial charge in [0.05, 0.1) is 18.8 Å². The van der Waals surface area contributed by atoms with E-state index in [1.165, 1.54) is 5.56 Å². The average molecular weight is 383 g/mol. The quantitative estimate of drug-likeness (QED) is 0.798. The number of benzene rings is 2. The van der Waals surface area contributed by atoms with Crippen LogP contribution < -0.4 is 5.32 Å². The highest BCUT2D eigenvalue weighted by Gasteiger charge is 2.22. The van der Waals surface area contributed by atoms with Crippen LogP contribution in [0, 0.1) is 0 Å². The highest BCUT2D eigenvalue weighted by atomic mass is 16.5. The number of rotatable bonds is 7. The fourth-order valence-electron chi connectivity index (χ4n) is 3.71. The number of carbonyl (C=O) groups is 1. The van der Waals surface area contributed by atoms with Crippen LogP contribution in [0.1, 0.15) is 40.9 Å². The third kappa shape index (κ3) is 5.89. The van der Waals surface area contributed by atoms with Crippen molar-refractivity contribution < 1.29 is 14.3 Å². The zero-order chi connectivity index (χ0) is 19.9. The zero-order valence-corrected chi connectivity index (χ0v) is 17.0. The Morgan fingerprint density at radius 3 is 2.43 bits per heavy atom. The molecular weight excluding hydrogens is 352 g/mol. The van der Waals surface area contributed by atoms with Crippen molar-refractivity contribution in [2.45, 2.75) is 45.8 Å². The summed E-state index contributed by atoms with van der Waals surface area (Å²) in [6.07, 6.45) is 0.521. The number of amides is 1. The van der Waals surface area contributed by atoms with Crippen molar-refractivity contribution in [3.05, 3.63) is 70.8 Å². The molecule has 0 spiro atoms. The molecule has 1 fully saturated rings. The summed E-state index contributed by atoms with van der Waals surface area (Å²) >= 11 is 0. The van der Waals surface area contributed by atoms with Crippen molar-refractivity contribution in [2.75, 3.05) is 20.2 Å². The summed E-state index contributed by atoms with van der Waals surface area (Å²) in [5, 5.41) is 2.99. The summed E-state index contributed by atoms with van der Waals surface area (Å²) < 4.78 is 10.9. The van der Waals surface area contributed by atoms with Crippen molar-refractivity contribution in [3.63, 3.8) is 0 Å². The first kappa shape index (κ1) is 20.5. The molecule has 1 aliphatic heterocycles. The lowest BCUT2D eigenvalue weighted by atomic mass is 10.1. The van der Waals surface area contributed by atoms with E-state index in [9.17, 15) is 4.79 Å². The van der Waals surface area contributed by atoms with Crippen molar-refractivity contribution in [1.29, 1.82) is 0 Å². The Balaban J connectivity index is 1.53. The van der Waals surface area contributed by atoms with Crippen LogP contribution in [0.3, 0.4) is 0 Å². The molecule has 1 heterocycles.